The monoisotopic (exact) mass is 482 g/mol. The number of carbonyl (C=O) groups excluding carboxylic acids is 2. The Morgan fingerprint density at radius 3 is 2.61 bits per heavy atom. The lowest BCUT2D eigenvalue weighted by Crippen LogP contribution is -2.09. The zero-order valence-electron chi connectivity index (χ0n) is 15.5. The fourth-order valence-electron chi connectivity index (χ4n) is 2.67. The number of nitro benzene ring substituents is 1. The SMILES string of the molecule is O=C1OC(c2ccco2)=N/C1=C/c1cc(Br)ccc1OC(=O)c1ccc([N+](=O)[O-])cc1. The van der Waals surface area contributed by atoms with E-state index >= 15 is 0 Å². The van der Waals surface area contributed by atoms with Crippen molar-refractivity contribution < 1.29 is 28.4 Å². The smallest absolute Gasteiger partial charge is 0.363 e. The van der Waals surface area contributed by atoms with Crippen LogP contribution in [0.4, 0.5) is 5.69 Å². The topological polar surface area (TPSA) is 121 Å². The molecule has 0 bridgehead atoms. The molecule has 0 atom stereocenters. The summed E-state index contributed by atoms with van der Waals surface area (Å²) < 4.78 is 16.4. The first-order valence-electron chi connectivity index (χ1n) is 8.73. The zero-order valence-corrected chi connectivity index (χ0v) is 17.1. The average Bonchev–Trinajstić information content (AvgIpc) is 3.40. The van der Waals surface area contributed by atoms with Gasteiger partial charge in [-0.1, -0.05) is 15.9 Å². The third-order valence-corrected chi connectivity index (χ3v) is 4.63. The minimum atomic E-state index is -0.717. The van der Waals surface area contributed by atoms with Crippen LogP contribution in [0.5, 0.6) is 5.75 Å². The second-order valence-corrected chi connectivity index (χ2v) is 7.10. The van der Waals surface area contributed by atoms with Crippen molar-refractivity contribution in [2.75, 3.05) is 0 Å². The first kappa shape index (κ1) is 20.2. The largest absolute Gasteiger partial charge is 0.459 e. The van der Waals surface area contributed by atoms with Crippen molar-refractivity contribution in [1.82, 2.24) is 0 Å². The summed E-state index contributed by atoms with van der Waals surface area (Å²) in [4.78, 5) is 39.0. The Balaban J connectivity index is 1.62. The number of furan rings is 1. The molecule has 1 aromatic heterocycles. The number of esters is 2. The molecule has 1 aliphatic heterocycles. The van der Waals surface area contributed by atoms with Crippen LogP contribution in [0, 0.1) is 10.1 Å². The number of ether oxygens (including phenoxy) is 2. The van der Waals surface area contributed by atoms with Gasteiger partial charge in [0.15, 0.2) is 11.5 Å². The number of halogens is 1. The standard InChI is InChI=1S/C21H11BrN2O7/c22-14-5-8-17(30-20(25)12-3-6-15(7-4-12)24(27)28)13(10-14)11-16-21(26)31-19(23-16)18-2-1-9-29-18/h1-11H/b16-11+. The molecule has 4 rings (SSSR count). The minimum Gasteiger partial charge on any atom is -0.459 e. The lowest BCUT2D eigenvalue weighted by Gasteiger charge is -2.08. The van der Waals surface area contributed by atoms with Gasteiger partial charge < -0.3 is 13.9 Å². The van der Waals surface area contributed by atoms with Crippen molar-refractivity contribution in [3.63, 3.8) is 0 Å². The molecule has 0 aliphatic carbocycles. The predicted molar refractivity (Wildman–Crippen MR) is 112 cm³/mol. The molecule has 0 fully saturated rings. The highest BCUT2D eigenvalue weighted by atomic mass is 79.9. The summed E-state index contributed by atoms with van der Waals surface area (Å²) in [5.74, 6) is -0.908. The van der Waals surface area contributed by atoms with Gasteiger partial charge in [0.25, 0.3) is 11.6 Å². The quantitative estimate of drug-likeness (QED) is 0.172. The van der Waals surface area contributed by atoms with Gasteiger partial charge in [-0.25, -0.2) is 14.6 Å². The molecule has 0 saturated carbocycles. The number of nitro groups is 1. The molecule has 3 aromatic rings. The van der Waals surface area contributed by atoms with Crippen LogP contribution in [0.15, 0.2) is 80.4 Å². The fourth-order valence-corrected chi connectivity index (χ4v) is 3.04. The molecule has 9 nitrogen and oxygen atoms in total. The molecular weight excluding hydrogens is 472 g/mol. The molecule has 154 valence electrons. The van der Waals surface area contributed by atoms with Crippen molar-refractivity contribution in [2.45, 2.75) is 0 Å². The number of cyclic esters (lactones) is 1. The fraction of sp³-hybridized carbons (Fsp3) is 0. The van der Waals surface area contributed by atoms with Gasteiger partial charge in [0.2, 0.25) is 0 Å². The van der Waals surface area contributed by atoms with Crippen LogP contribution in [-0.4, -0.2) is 22.8 Å². The number of benzene rings is 2. The maximum absolute atomic E-state index is 12.5. The molecular formula is C21H11BrN2O7. The van der Waals surface area contributed by atoms with E-state index in [9.17, 15) is 19.7 Å². The van der Waals surface area contributed by atoms with E-state index in [4.69, 9.17) is 13.9 Å². The number of rotatable bonds is 5. The highest BCUT2D eigenvalue weighted by molar-refractivity contribution is 9.10. The molecule has 0 amide bonds. The molecule has 0 N–H and O–H groups in total. The number of hydrogen-bond donors (Lipinski definition) is 0. The Morgan fingerprint density at radius 1 is 1.16 bits per heavy atom. The Kier molecular flexibility index (Phi) is 5.46. The molecule has 0 radical (unpaired) electrons. The molecule has 31 heavy (non-hydrogen) atoms. The van der Waals surface area contributed by atoms with Crippen molar-refractivity contribution in [1.29, 1.82) is 0 Å². The van der Waals surface area contributed by atoms with Crippen LogP contribution >= 0.6 is 15.9 Å². The summed E-state index contributed by atoms with van der Waals surface area (Å²) in [6.45, 7) is 0. The van der Waals surface area contributed by atoms with E-state index in [0.717, 1.165) is 0 Å². The molecule has 2 aromatic carbocycles. The summed E-state index contributed by atoms with van der Waals surface area (Å²) in [5.41, 5.74) is 0.374. The van der Waals surface area contributed by atoms with Gasteiger partial charge in [0.05, 0.1) is 16.7 Å². The van der Waals surface area contributed by atoms with Gasteiger partial charge in [0.1, 0.15) is 5.75 Å². The van der Waals surface area contributed by atoms with Gasteiger partial charge in [0, 0.05) is 22.2 Å². The van der Waals surface area contributed by atoms with Gasteiger partial charge in [-0.15, -0.1) is 0 Å². The van der Waals surface area contributed by atoms with Crippen LogP contribution in [0.3, 0.4) is 0 Å². The van der Waals surface area contributed by atoms with Crippen molar-refractivity contribution in [2.24, 2.45) is 4.99 Å². The average molecular weight is 483 g/mol. The number of carbonyl (C=O) groups is 2. The summed E-state index contributed by atoms with van der Waals surface area (Å²) in [7, 11) is 0. The van der Waals surface area contributed by atoms with E-state index in [0.29, 0.717) is 15.8 Å². The van der Waals surface area contributed by atoms with Crippen LogP contribution in [0.1, 0.15) is 21.7 Å². The van der Waals surface area contributed by atoms with E-state index in [1.807, 2.05) is 0 Å². The third kappa shape index (κ3) is 4.43. The Labute approximate surface area is 182 Å². The van der Waals surface area contributed by atoms with E-state index in [-0.39, 0.29) is 28.6 Å². The van der Waals surface area contributed by atoms with E-state index in [1.165, 1.54) is 42.7 Å². The van der Waals surface area contributed by atoms with E-state index in [1.54, 1.807) is 24.3 Å². The zero-order chi connectivity index (χ0) is 22.0. The maximum Gasteiger partial charge on any atom is 0.363 e. The Hall–Kier alpha value is -4.05. The predicted octanol–water partition coefficient (Wildman–Crippen LogP) is 4.51. The van der Waals surface area contributed by atoms with Gasteiger partial charge in [-0.05, 0) is 48.5 Å². The number of aliphatic imine (C=N–C) groups is 1. The minimum absolute atomic E-state index is 0.00265. The first-order chi connectivity index (χ1) is 14.9. The van der Waals surface area contributed by atoms with Crippen LogP contribution in [0.25, 0.3) is 6.08 Å². The van der Waals surface area contributed by atoms with E-state index in [2.05, 4.69) is 20.9 Å². The first-order valence-corrected chi connectivity index (χ1v) is 9.52. The van der Waals surface area contributed by atoms with Gasteiger partial charge in [-0.3, -0.25) is 10.1 Å². The lowest BCUT2D eigenvalue weighted by atomic mass is 10.1. The lowest BCUT2D eigenvalue weighted by molar-refractivity contribution is -0.384. The Morgan fingerprint density at radius 2 is 1.94 bits per heavy atom. The number of hydrogen-bond acceptors (Lipinski definition) is 8. The molecule has 0 unspecified atom stereocenters. The van der Waals surface area contributed by atoms with Gasteiger partial charge in [-0.2, -0.15) is 0 Å². The highest BCUT2D eigenvalue weighted by Gasteiger charge is 2.26. The van der Waals surface area contributed by atoms with Crippen LogP contribution in [0.2, 0.25) is 0 Å². The summed E-state index contributed by atoms with van der Waals surface area (Å²) in [6, 6.07) is 13.1. The van der Waals surface area contributed by atoms with E-state index < -0.39 is 16.9 Å². The molecule has 10 heteroatoms. The van der Waals surface area contributed by atoms with Crippen LogP contribution in [-0.2, 0) is 9.53 Å². The summed E-state index contributed by atoms with van der Waals surface area (Å²) >= 11 is 3.34. The van der Waals surface area contributed by atoms with Crippen molar-refractivity contribution in [3.05, 3.63) is 98.0 Å². The number of nitrogens with zero attached hydrogens (tertiary/aromatic N) is 2. The van der Waals surface area contributed by atoms with Crippen molar-refractivity contribution >= 4 is 45.5 Å². The molecule has 0 saturated heterocycles. The van der Waals surface area contributed by atoms with Crippen molar-refractivity contribution in [3.8, 4) is 5.75 Å². The maximum atomic E-state index is 12.5. The second kappa shape index (κ2) is 8.36. The third-order valence-electron chi connectivity index (χ3n) is 4.13. The van der Waals surface area contributed by atoms with Gasteiger partial charge >= 0.3 is 11.9 Å². The summed E-state index contributed by atoms with van der Waals surface area (Å²) in [5, 5.41) is 10.8. The number of non-ortho nitro benzene ring substituents is 1. The highest BCUT2D eigenvalue weighted by Crippen LogP contribution is 2.28. The second-order valence-electron chi connectivity index (χ2n) is 6.19. The normalized spacial score (nSPS) is 14.3. The van der Waals surface area contributed by atoms with Crippen LogP contribution < -0.4 is 4.74 Å². The Bertz CT molecular complexity index is 1250. The molecule has 1 aliphatic rings. The molecule has 2 heterocycles. The summed E-state index contributed by atoms with van der Waals surface area (Å²) in [6.07, 6.45) is 2.85. The molecule has 0 spiro atoms.